The van der Waals surface area contributed by atoms with E-state index in [1.54, 1.807) is 0 Å². The van der Waals surface area contributed by atoms with Crippen molar-refractivity contribution in [1.82, 2.24) is 9.55 Å². The van der Waals surface area contributed by atoms with Crippen LogP contribution in [0.1, 0.15) is 37.1 Å². The molecule has 0 radical (unpaired) electrons. The molecule has 3 heteroatoms. The molecule has 3 unspecified atom stereocenters. The van der Waals surface area contributed by atoms with Crippen molar-refractivity contribution in [2.24, 2.45) is 17.8 Å². The number of nitrogens with zero attached hydrogens (tertiary/aromatic N) is 2. The first kappa shape index (κ1) is 12.7. The quantitative estimate of drug-likeness (QED) is 0.759. The molecule has 2 bridgehead atoms. The second-order valence-corrected chi connectivity index (χ2v) is 6.97. The van der Waals surface area contributed by atoms with Crippen LogP contribution < -0.4 is 0 Å². The van der Waals surface area contributed by atoms with Gasteiger partial charge in [0, 0.05) is 6.54 Å². The maximum Gasteiger partial charge on any atom is 0.124 e. The highest BCUT2D eigenvalue weighted by molar-refractivity contribution is 6.16. The van der Waals surface area contributed by atoms with Crippen LogP contribution in [-0.2, 0) is 12.4 Å². The molecule has 2 nitrogen and oxygen atoms in total. The van der Waals surface area contributed by atoms with Crippen molar-refractivity contribution in [3.63, 3.8) is 0 Å². The average Bonchev–Trinajstić information content (AvgIpc) is 3.13. The summed E-state index contributed by atoms with van der Waals surface area (Å²) in [5, 5.41) is 0. The number of aromatic nitrogens is 2. The Bertz CT molecular complexity index is 646. The number of alkyl halides is 1. The van der Waals surface area contributed by atoms with Crippen molar-refractivity contribution < 1.29 is 0 Å². The lowest BCUT2D eigenvalue weighted by atomic mass is 9.89. The summed E-state index contributed by atoms with van der Waals surface area (Å²) in [5.74, 6) is 4.34. The Labute approximate surface area is 125 Å². The van der Waals surface area contributed by atoms with Crippen molar-refractivity contribution >= 4 is 22.6 Å². The summed E-state index contributed by atoms with van der Waals surface area (Å²) in [7, 11) is 0. The molecular weight excluding hydrogens is 268 g/mol. The standard InChI is InChI=1S/C17H21ClN2/c1-11-2-5-15-16(6-11)20(17(9-18)19-15)10-14-8-12-3-4-13(14)7-12/h2,5-6,12-14H,3-4,7-10H2,1H3. The van der Waals surface area contributed by atoms with E-state index in [2.05, 4.69) is 29.7 Å². The fourth-order valence-corrected chi connectivity index (χ4v) is 4.63. The zero-order valence-corrected chi connectivity index (χ0v) is 12.7. The first-order chi connectivity index (χ1) is 9.74. The van der Waals surface area contributed by atoms with Crippen LogP contribution in [0.4, 0.5) is 0 Å². The normalized spacial score (nSPS) is 28.6. The second-order valence-electron chi connectivity index (χ2n) is 6.70. The van der Waals surface area contributed by atoms with E-state index in [0.29, 0.717) is 5.88 Å². The van der Waals surface area contributed by atoms with Gasteiger partial charge < -0.3 is 4.57 Å². The molecule has 1 aromatic heterocycles. The first-order valence-corrected chi connectivity index (χ1v) is 8.30. The fraction of sp³-hybridized carbons (Fsp3) is 0.588. The molecule has 20 heavy (non-hydrogen) atoms. The van der Waals surface area contributed by atoms with Crippen LogP contribution in [0.3, 0.4) is 0 Å². The number of hydrogen-bond acceptors (Lipinski definition) is 1. The molecule has 0 spiro atoms. The van der Waals surface area contributed by atoms with E-state index in [-0.39, 0.29) is 0 Å². The van der Waals surface area contributed by atoms with Crippen LogP contribution >= 0.6 is 11.6 Å². The van der Waals surface area contributed by atoms with Crippen LogP contribution in [0.5, 0.6) is 0 Å². The van der Waals surface area contributed by atoms with E-state index in [1.165, 1.54) is 36.8 Å². The van der Waals surface area contributed by atoms with E-state index in [9.17, 15) is 0 Å². The number of benzene rings is 1. The van der Waals surface area contributed by atoms with Crippen molar-refractivity contribution in [3.8, 4) is 0 Å². The van der Waals surface area contributed by atoms with Gasteiger partial charge in [0.1, 0.15) is 5.82 Å². The second kappa shape index (κ2) is 4.77. The molecule has 2 aliphatic carbocycles. The Hall–Kier alpha value is -1.02. The number of imidazole rings is 1. The van der Waals surface area contributed by atoms with Gasteiger partial charge in [-0.2, -0.15) is 0 Å². The lowest BCUT2D eigenvalue weighted by molar-refractivity contribution is 0.296. The molecule has 2 aromatic rings. The highest BCUT2D eigenvalue weighted by atomic mass is 35.5. The minimum atomic E-state index is 0.508. The monoisotopic (exact) mass is 288 g/mol. The lowest BCUT2D eigenvalue weighted by Crippen LogP contribution is -2.18. The molecule has 1 aromatic carbocycles. The number of fused-ring (bicyclic) bond motifs is 3. The third kappa shape index (κ3) is 1.96. The van der Waals surface area contributed by atoms with Crippen LogP contribution in [-0.4, -0.2) is 9.55 Å². The molecule has 0 aliphatic heterocycles. The molecule has 0 saturated heterocycles. The fourth-order valence-electron chi connectivity index (χ4n) is 4.42. The predicted molar refractivity (Wildman–Crippen MR) is 83.0 cm³/mol. The summed E-state index contributed by atoms with van der Waals surface area (Å²) in [6, 6.07) is 6.51. The topological polar surface area (TPSA) is 17.8 Å². The number of halogens is 1. The lowest BCUT2D eigenvalue weighted by Gasteiger charge is -2.23. The molecule has 0 amide bonds. The summed E-state index contributed by atoms with van der Waals surface area (Å²) in [5.41, 5.74) is 3.66. The van der Waals surface area contributed by atoms with Gasteiger partial charge in [-0.3, -0.25) is 0 Å². The molecule has 2 saturated carbocycles. The molecule has 4 rings (SSSR count). The van der Waals surface area contributed by atoms with Crippen LogP contribution in [0.2, 0.25) is 0 Å². The molecule has 2 aliphatic rings. The highest BCUT2D eigenvalue weighted by Gasteiger charge is 2.39. The van der Waals surface area contributed by atoms with Gasteiger partial charge in [-0.05, 0) is 61.6 Å². The Morgan fingerprint density at radius 1 is 1.30 bits per heavy atom. The van der Waals surface area contributed by atoms with Crippen molar-refractivity contribution in [3.05, 3.63) is 29.6 Å². The van der Waals surface area contributed by atoms with Crippen molar-refractivity contribution in [2.45, 2.75) is 45.0 Å². The van der Waals surface area contributed by atoms with Gasteiger partial charge in [-0.1, -0.05) is 12.5 Å². The summed E-state index contributed by atoms with van der Waals surface area (Å²) >= 11 is 6.12. The molecule has 0 N–H and O–H groups in total. The number of hydrogen-bond donors (Lipinski definition) is 0. The zero-order chi connectivity index (χ0) is 13.7. The van der Waals surface area contributed by atoms with Crippen molar-refractivity contribution in [2.75, 3.05) is 0 Å². The summed E-state index contributed by atoms with van der Waals surface area (Å²) < 4.78 is 2.39. The van der Waals surface area contributed by atoms with Gasteiger partial charge in [0.15, 0.2) is 0 Å². The SMILES string of the molecule is Cc1ccc2nc(CCl)n(CC3CC4CCC3C4)c2c1. The van der Waals surface area contributed by atoms with Crippen LogP contribution in [0, 0.1) is 24.7 Å². The minimum Gasteiger partial charge on any atom is -0.327 e. The van der Waals surface area contributed by atoms with Gasteiger partial charge in [0.25, 0.3) is 0 Å². The van der Waals surface area contributed by atoms with Gasteiger partial charge in [-0.25, -0.2) is 4.98 Å². The van der Waals surface area contributed by atoms with E-state index in [4.69, 9.17) is 16.6 Å². The first-order valence-electron chi connectivity index (χ1n) is 7.76. The summed E-state index contributed by atoms with van der Waals surface area (Å²) in [6.07, 6.45) is 5.79. The van der Waals surface area contributed by atoms with E-state index in [0.717, 1.165) is 35.6 Å². The Balaban J connectivity index is 1.72. The largest absolute Gasteiger partial charge is 0.327 e. The third-order valence-corrected chi connectivity index (χ3v) is 5.64. The Kier molecular flexibility index (Phi) is 3.03. The van der Waals surface area contributed by atoms with Crippen LogP contribution in [0.15, 0.2) is 18.2 Å². The molecule has 1 heterocycles. The maximum absolute atomic E-state index is 6.12. The third-order valence-electron chi connectivity index (χ3n) is 5.40. The van der Waals surface area contributed by atoms with Gasteiger partial charge in [0.05, 0.1) is 16.9 Å². The Morgan fingerprint density at radius 2 is 2.20 bits per heavy atom. The predicted octanol–water partition coefficient (Wildman–Crippen LogP) is 4.52. The van der Waals surface area contributed by atoms with E-state index in [1.807, 2.05) is 0 Å². The van der Waals surface area contributed by atoms with Crippen LogP contribution in [0.25, 0.3) is 11.0 Å². The molecular formula is C17H21ClN2. The number of rotatable bonds is 3. The zero-order valence-electron chi connectivity index (χ0n) is 12.0. The molecule has 106 valence electrons. The van der Waals surface area contributed by atoms with Gasteiger partial charge in [-0.15, -0.1) is 11.6 Å². The smallest absolute Gasteiger partial charge is 0.124 e. The van der Waals surface area contributed by atoms with Crippen molar-refractivity contribution in [1.29, 1.82) is 0 Å². The van der Waals surface area contributed by atoms with Gasteiger partial charge in [0.2, 0.25) is 0 Å². The summed E-state index contributed by atoms with van der Waals surface area (Å²) in [4.78, 5) is 4.71. The van der Waals surface area contributed by atoms with E-state index >= 15 is 0 Å². The van der Waals surface area contributed by atoms with Gasteiger partial charge >= 0.3 is 0 Å². The average molecular weight is 289 g/mol. The number of aryl methyl sites for hydroxylation is 1. The maximum atomic E-state index is 6.12. The Morgan fingerprint density at radius 3 is 2.90 bits per heavy atom. The molecule has 3 atom stereocenters. The minimum absolute atomic E-state index is 0.508. The molecule has 2 fully saturated rings. The summed E-state index contributed by atoms with van der Waals surface area (Å²) in [6.45, 7) is 3.26. The highest BCUT2D eigenvalue weighted by Crippen LogP contribution is 2.49. The van der Waals surface area contributed by atoms with E-state index < -0.39 is 0 Å².